The van der Waals surface area contributed by atoms with Gasteiger partial charge in [0.25, 0.3) is 5.91 Å². The highest BCUT2D eigenvalue weighted by molar-refractivity contribution is 7.99. The molecule has 25 heavy (non-hydrogen) atoms. The Bertz CT molecular complexity index is 983. The van der Waals surface area contributed by atoms with Crippen molar-refractivity contribution in [3.8, 4) is 6.07 Å². The predicted octanol–water partition coefficient (Wildman–Crippen LogP) is 4.35. The van der Waals surface area contributed by atoms with E-state index < -0.39 is 5.91 Å². The number of hydrogen-bond donors (Lipinski definition) is 1. The molecule has 3 rings (SSSR count). The summed E-state index contributed by atoms with van der Waals surface area (Å²) in [6, 6.07) is 15.6. The van der Waals surface area contributed by atoms with Crippen LogP contribution in [0.15, 0.2) is 53.2 Å². The third kappa shape index (κ3) is 4.05. The van der Waals surface area contributed by atoms with Crippen molar-refractivity contribution >= 4 is 51.2 Å². The Morgan fingerprint density at radius 2 is 2.12 bits per heavy atom. The first-order chi connectivity index (χ1) is 12.2. The van der Waals surface area contributed by atoms with Gasteiger partial charge < -0.3 is 0 Å². The van der Waals surface area contributed by atoms with E-state index in [2.05, 4.69) is 14.7 Å². The van der Waals surface area contributed by atoms with Crippen molar-refractivity contribution in [3.05, 3.63) is 53.6 Å². The first-order valence-corrected chi connectivity index (χ1v) is 9.34. The molecule has 0 bridgehead atoms. The number of nitrogens with one attached hydrogen (secondary N) is 1. The quantitative estimate of drug-likeness (QED) is 0.413. The lowest BCUT2D eigenvalue weighted by atomic mass is 10.0. The lowest BCUT2D eigenvalue weighted by Gasteiger charge is -2.03. The molecule has 124 valence electrons. The minimum Gasteiger partial charge on any atom is -0.296 e. The summed E-state index contributed by atoms with van der Waals surface area (Å²) in [5, 5.41) is 15.1. The summed E-state index contributed by atoms with van der Waals surface area (Å²) >= 11 is 2.60. The Balaban J connectivity index is 1.86. The fourth-order valence-electron chi connectivity index (χ4n) is 2.29. The van der Waals surface area contributed by atoms with Crippen molar-refractivity contribution in [3.63, 3.8) is 0 Å². The third-order valence-electron chi connectivity index (χ3n) is 3.39. The average Bonchev–Trinajstić information content (AvgIpc) is 3.07. The van der Waals surface area contributed by atoms with Crippen molar-refractivity contribution in [1.29, 1.82) is 5.26 Å². The first kappa shape index (κ1) is 17.1. The minimum absolute atomic E-state index is 0.0243. The first-order valence-electron chi connectivity index (χ1n) is 7.58. The van der Waals surface area contributed by atoms with Crippen LogP contribution in [0, 0.1) is 11.3 Å². The number of benzene rings is 2. The molecule has 0 aliphatic rings. The van der Waals surface area contributed by atoms with Gasteiger partial charge in [-0.1, -0.05) is 61.2 Å². The molecule has 0 aliphatic heterocycles. The Labute approximate surface area is 153 Å². The molecule has 0 spiro atoms. The number of nitriles is 1. The summed E-state index contributed by atoms with van der Waals surface area (Å²) in [4.78, 5) is 16.6. The highest BCUT2D eigenvalue weighted by Gasteiger charge is 2.13. The zero-order valence-corrected chi connectivity index (χ0v) is 15.0. The fraction of sp³-hybridized carbons (Fsp3) is 0.111. The van der Waals surface area contributed by atoms with Gasteiger partial charge in [-0.3, -0.25) is 10.1 Å². The number of nitrogens with zero attached hydrogens (tertiary/aromatic N) is 3. The van der Waals surface area contributed by atoms with Gasteiger partial charge >= 0.3 is 0 Å². The van der Waals surface area contributed by atoms with E-state index in [0.717, 1.165) is 33.6 Å². The number of thioether (sulfide) groups is 1. The van der Waals surface area contributed by atoms with Crippen LogP contribution in [0.5, 0.6) is 0 Å². The number of fused-ring (bicyclic) bond motifs is 1. The molecular weight excluding hydrogens is 352 g/mol. The van der Waals surface area contributed by atoms with Crippen LogP contribution in [0.1, 0.15) is 12.5 Å². The molecule has 0 saturated carbocycles. The Morgan fingerprint density at radius 3 is 2.92 bits per heavy atom. The molecule has 1 aromatic heterocycles. The molecule has 5 nitrogen and oxygen atoms in total. The van der Waals surface area contributed by atoms with Crippen LogP contribution in [-0.4, -0.2) is 21.0 Å². The van der Waals surface area contributed by atoms with Crippen LogP contribution in [0.3, 0.4) is 0 Å². The van der Waals surface area contributed by atoms with Crippen molar-refractivity contribution in [2.45, 2.75) is 12.1 Å². The van der Waals surface area contributed by atoms with Crippen molar-refractivity contribution in [2.24, 2.45) is 0 Å². The molecular formula is C18H14N4OS2. The van der Waals surface area contributed by atoms with Gasteiger partial charge in [0.2, 0.25) is 10.3 Å². The molecule has 1 N–H and O–H groups in total. The van der Waals surface area contributed by atoms with Crippen LogP contribution in [0.4, 0.5) is 5.13 Å². The lowest BCUT2D eigenvalue weighted by molar-refractivity contribution is -0.112. The van der Waals surface area contributed by atoms with Gasteiger partial charge in [-0.05, 0) is 28.2 Å². The number of hydrogen-bond acceptors (Lipinski definition) is 6. The van der Waals surface area contributed by atoms with Crippen LogP contribution in [-0.2, 0) is 4.79 Å². The summed E-state index contributed by atoms with van der Waals surface area (Å²) < 4.78 is 4.15. The topological polar surface area (TPSA) is 78.7 Å². The third-order valence-corrected chi connectivity index (χ3v) is 4.87. The molecule has 0 fully saturated rings. The SMILES string of the molecule is CCSc1nsc(NC(=O)/C(C#N)=C/c2cccc3ccccc23)n1. The van der Waals surface area contributed by atoms with E-state index in [1.807, 2.05) is 55.5 Å². The highest BCUT2D eigenvalue weighted by atomic mass is 32.2. The number of anilines is 1. The molecule has 7 heteroatoms. The molecule has 0 radical (unpaired) electrons. The lowest BCUT2D eigenvalue weighted by Crippen LogP contribution is -2.13. The molecule has 0 unspecified atom stereocenters. The number of carbonyl (C=O) groups excluding carboxylic acids is 1. The molecule has 1 amide bonds. The summed E-state index contributed by atoms with van der Waals surface area (Å²) in [5.74, 6) is 0.369. The maximum Gasteiger partial charge on any atom is 0.268 e. The summed E-state index contributed by atoms with van der Waals surface area (Å²) in [7, 11) is 0. The number of amides is 1. The average molecular weight is 366 g/mol. The Morgan fingerprint density at radius 1 is 1.32 bits per heavy atom. The standard InChI is InChI=1S/C18H14N4OS2/c1-2-24-18-21-17(25-22-18)20-16(23)14(11-19)10-13-8-5-7-12-6-3-4-9-15(12)13/h3-10H,2H2,1H3,(H,20,21,22,23)/b14-10+. The second-order valence-corrected chi connectivity index (χ2v) is 6.99. The van der Waals surface area contributed by atoms with E-state index in [4.69, 9.17) is 0 Å². The van der Waals surface area contributed by atoms with Crippen LogP contribution >= 0.6 is 23.3 Å². The molecule has 2 aromatic carbocycles. The smallest absolute Gasteiger partial charge is 0.268 e. The van der Waals surface area contributed by atoms with E-state index in [1.165, 1.54) is 11.8 Å². The number of rotatable bonds is 5. The van der Waals surface area contributed by atoms with Crippen LogP contribution in [0.2, 0.25) is 0 Å². The van der Waals surface area contributed by atoms with Gasteiger partial charge in [0, 0.05) is 11.5 Å². The Hall–Kier alpha value is -2.69. The number of carbonyl (C=O) groups is 1. The molecule has 3 aromatic rings. The van der Waals surface area contributed by atoms with Crippen molar-refractivity contribution in [2.75, 3.05) is 11.1 Å². The predicted molar refractivity (Wildman–Crippen MR) is 102 cm³/mol. The Kier molecular flexibility index (Phi) is 5.43. The highest BCUT2D eigenvalue weighted by Crippen LogP contribution is 2.22. The van der Waals surface area contributed by atoms with Crippen LogP contribution in [0.25, 0.3) is 16.8 Å². The van der Waals surface area contributed by atoms with Crippen molar-refractivity contribution in [1.82, 2.24) is 9.36 Å². The van der Waals surface area contributed by atoms with E-state index in [9.17, 15) is 10.1 Å². The van der Waals surface area contributed by atoms with Gasteiger partial charge in [-0.2, -0.15) is 14.6 Å². The van der Waals surface area contributed by atoms with E-state index in [-0.39, 0.29) is 5.57 Å². The van der Waals surface area contributed by atoms with E-state index in [1.54, 1.807) is 6.08 Å². The van der Waals surface area contributed by atoms with Gasteiger partial charge in [0.1, 0.15) is 11.6 Å². The maximum atomic E-state index is 12.4. The fourth-order valence-corrected chi connectivity index (χ4v) is 3.56. The molecule has 0 saturated heterocycles. The largest absolute Gasteiger partial charge is 0.296 e. The second kappa shape index (κ2) is 7.92. The van der Waals surface area contributed by atoms with Gasteiger partial charge in [0.05, 0.1) is 0 Å². The maximum absolute atomic E-state index is 12.4. The molecule has 0 atom stereocenters. The normalized spacial score (nSPS) is 11.3. The monoisotopic (exact) mass is 366 g/mol. The van der Waals surface area contributed by atoms with Gasteiger partial charge in [-0.25, -0.2) is 0 Å². The minimum atomic E-state index is -0.486. The number of aromatic nitrogens is 2. The van der Waals surface area contributed by atoms with E-state index in [0.29, 0.717) is 10.3 Å². The zero-order chi connectivity index (χ0) is 17.6. The van der Waals surface area contributed by atoms with Gasteiger partial charge in [-0.15, -0.1) is 0 Å². The summed E-state index contributed by atoms with van der Waals surface area (Å²) in [5.41, 5.74) is 0.848. The van der Waals surface area contributed by atoms with Crippen LogP contribution < -0.4 is 5.32 Å². The van der Waals surface area contributed by atoms with Gasteiger partial charge in [0.15, 0.2) is 0 Å². The zero-order valence-electron chi connectivity index (χ0n) is 13.4. The second-order valence-electron chi connectivity index (χ2n) is 5.01. The summed E-state index contributed by atoms with van der Waals surface area (Å²) in [6.07, 6.45) is 1.60. The molecule has 0 aliphatic carbocycles. The van der Waals surface area contributed by atoms with Crippen molar-refractivity contribution < 1.29 is 4.79 Å². The van der Waals surface area contributed by atoms with E-state index >= 15 is 0 Å². The molecule has 1 heterocycles. The summed E-state index contributed by atoms with van der Waals surface area (Å²) in [6.45, 7) is 2.00.